The predicted molar refractivity (Wildman–Crippen MR) is 32.7 cm³/mol. The van der Waals surface area contributed by atoms with E-state index in [0.29, 0.717) is 0 Å². The molecule has 1 radical (unpaired) electrons. The minimum atomic E-state index is -0.748. The van der Waals surface area contributed by atoms with E-state index in [-0.39, 0.29) is 6.04 Å². The smallest absolute Gasteiger partial charge is 0.320 e. The van der Waals surface area contributed by atoms with Crippen LogP contribution < -0.4 is 0 Å². The van der Waals surface area contributed by atoms with Crippen LogP contribution in [0.4, 0.5) is 0 Å². The molecule has 1 aliphatic heterocycles. The van der Waals surface area contributed by atoms with Gasteiger partial charge in [-0.25, -0.2) is 0 Å². The first-order valence-electron chi connectivity index (χ1n) is 3.02. The van der Waals surface area contributed by atoms with Crippen LogP contribution in [0.15, 0.2) is 0 Å². The van der Waals surface area contributed by atoms with Crippen LogP contribution in [0.25, 0.3) is 0 Å². The molecule has 1 N–H and O–H groups in total. The highest BCUT2D eigenvalue weighted by Crippen LogP contribution is 2.14. The maximum absolute atomic E-state index is 10.3. The minimum absolute atomic E-state index is 0.329. The Balaban J connectivity index is 2.49. The zero-order chi connectivity index (χ0) is 6.85. The Bertz CT molecular complexity index is 124. The number of likely N-dealkylation sites (tertiary alicyclic amines) is 1. The second-order valence-corrected chi connectivity index (χ2v) is 2.31. The molecular formula is C6H10NO2. The van der Waals surface area contributed by atoms with E-state index in [9.17, 15) is 4.79 Å². The molecule has 0 aromatic heterocycles. The average Bonchev–Trinajstić information content (AvgIpc) is 2.13. The first-order chi connectivity index (χ1) is 4.22. The summed E-state index contributed by atoms with van der Waals surface area (Å²) in [6, 6.07) is -0.329. The molecule has 1 saturated heterocycles. The Hall–Kier alpha value is -0.570. The molecule has 0 bridgehead atoms. The van der Waals surface area contributed by atoms with Crippen LogP contribution in [0, 0.1) is 7.05 Å². The highest BCUT2D eigenvalue weighted by molar-refractivity contribution is 5.73. The lowest BCUT2D eigenvalue weighted by Crippen LogP contribution is -2.30. The molecule has 0 aromatic carbocycles. The summed E-state index contributed by atoms with van der Waals surface area (Å²) in [4.78, 5) is 12.0. The Morgan fingerprint density at radius 3 is 2.67 bits per heavy atom. The van der Waals surface area contributed by atoms with Crippen molar-refractivity contribution >= 4 is 5.97 Å². The fraction of sp³-hybridized carbons (Fsp3) is 0.667. The van der Waals surface area contributed by atoms with Crippen molar-refractivity contribution in [3.8, 4) is 0 Å². The highest BCUT2D eigenvalue weighted by atomic mass is 16.4. The molecule has 0 aliphatic carbocycles. The zero-order valence-electron chi connectivity index (χ0n) is 5.21. The molecule has 0 aromatic rings. The minimum Gasteiger partial charge on any atom is -0.480 e. The molecule has 9 heavy (non-hydrogen) atoms. The molecular weight excluding hydrogens is 118 g/mol. The van der Waals surface area contributed by atoms with Crippen LogP contribution in [0.3, 0.4) is 0 Å². The van der Waals surface area contributed by atoms with E-state index in [1.807, 2.05) is 0 Å². The van der Waals surface area contributed by atoms with E-state index in [1.54, 1.807) is 4.90 Å². The van der Waals surface area contributed by atoms with Gasteiger partial charge in [0, 0.05) is 7.05 Å². The Kier molecular flexibility index (Phi) is 1.71. The quantitative estimate of drug-likeness (QED) is 0.553. The van der Waals surface area contributed by atoms with Crippen LogP contribution in [0.5, 0.6) is 0 Å². The van der Waals surface area contributed by atoms with Crippen molar-refractivity contribution in [3.05, 3.63) is 7.05 Å². The largest absolute Gasteiger partial charge is 0.480 e. The van der Waals surface area contributed by atoms with E-state index in [0.717, 1.165) is 19.4 Å². The number of carbonyl (C=O) groups is 1. The third-order valence-electron chi connectivity index (χ3n) is 1.65. The monoisotopic (exact) mass is 128 g/mol. The van der Waals surface area contributed by atoms with Crippen LogP contribution in [0.1, 0.15) is 12.8 Å². The maximum Gasteiger partial charge on any atom is 0.320 e. The van der Waals surface area contributed by atoms with E-state index in [4.69, 9.17) is 5.11 Å². The summed E-state index contributed by atoms with van der Waals surface area (Å²) in [5, 5.41) is 8.50. The summed E-state index contributed by atoms with van der Waals surface area (Å²) in [7, 11) is 3.59. The van der Waals surface area contributed by atoms with Gasteiger partial charge in [-0.2, -0.15) is 0 Å². The fourth-order valence-corrected chi connectivity index (χ4v) is 1.11. The van der Waals surface area contributed by atoms with Gasteiger partial charge >= 0.3 is 5.97 Å². The predicted octanol–water partition coefficient (Wildman–Crippen LogP) is 0.327. The summed E-state index contributed by atoms with van der Waals surface area (Å²) in [6.07, 6.45) is 1.71. The van der Waals surface area contributed by atoms with Gasteiger partial charge in [-0.1, -0.05) is 0 Å². The van der Waals surface area contributed by atoms with Crippen LogP contribution in [0.2, 0.25) is 0 Å². The third kappa shape index (κ3) is 1.21. The number of carboxylic acid groups (broad SMARTS) is 1. The van der Waals surface area contributed by atoms with Crippen molar-refractivity contribution < 1.29 is 9.90 Å². The van der Waals surface area contributed by atoms with Crippen LogP contribution in [-0.4, -0.2) is 28.6 Å². The first kappa shape index (κ1) is 6.55. The molecule has 0 spiro atoms. The van der Waals surface area contributed by atoms with Gasteiger partial charge in [-0.05, 0) is 19.4 Å². The fourth-order valence-electron chi connectivity index (χ4n) is 1.11. The van der Waals surface area contributed by atoms with Crippen molar-refractivity contribution in [2.45, 2.75) is 18.9 Å². The normalized spacial score (nSPS) is 28.8. The molecule has 3 heteroatoms. The third-order valence-corrected chi connectivity index (χ3v) is 1.65. The molecule has 1 rings (SSSR count). The van der Waals surface area contributed by atoms with Gasteiger partial charge in [0.2, 0.25) is 0 Å². The summed E-state index contributed by atoms with van der Waals surface area (Å²) >= 11 is 0. The zero-order valence-corrected chi connectivity index (χ0v) is 5.21. The van der Waals surface area contributed by atoms with Crippen molar-refractivity contribution in [1.29, 1.82) is 0 Å². The molecule has 3 nitrogen and oxygen atoms in total. The van der Waals surface area contributed by atoms with Gasteiger partial charge in [0.1, 0.15) is 6.04 Å². The number of hydrogen-bond acceptors (Lipinski definition) is 2. The Morgan fingerprint density at radius 1 is 1.78 bits per heavy atom. The topological polar surface area (TPSA) is 40.5 Å². The Morgan fingerprint density at radius 2 is 2.44 bits per heavy atom. The standard InChI is InChI=1S/C6H10NO2/c1-7-4-2-3-5(7)6(8)9/h5H,1-4H2,(H,8,9)/t5-/m0/s1. The summed E-state index contributed by atoms with van der Waals surface area (Å²) < 4.78 is 0. The SMILES string of the molecule is [CH2]N1CCC[C@H]1C(=O)O. The number of rotatable bonds is 1. The lowest BCUT2D eigenvalue weighted by atomic mass is 10.2. The molecule has 0 unspecified atom stereocenters. The first-order valence-corrected chi connectivity index (χ1v) is 3.02. The van der Waals surface area contributed by atoms with E-state index in [1.165, 1.54) is 0 Å². The number of carboxylic acids is 1. The molecule has 1 heterocycles. The van der Waals surface area contributed by atoms with Crippen molar-refractivity contribution in [2.75, 3.05) is 6.54 Å². The van der Waals surface area contributed by atoms with E-state index in [2.05, 4.69) is 7.05 Å². The van der Waals surface area contributed by atoms with Crippen molar-refractivity contribution in [2.24, 2.45) is 0 Å². The molecule has 51 valence electrons. The second-order valence-electron chi connectivity index (χ2n) is 2.31. The number of aliphatic carboxylic acids is 1. The molecule has 0 saturated carbocycles. The molecule has 1 aliphatic rings. The van der Waals surface area contributed by atoms with Crippen molar-refractivity contribution in [1.82, 2.24) is 4.90 Å². The number of hydrogen-bond donors (Lipinski definition) is 1. The molecule has 1 atom stereocenters. The summed E-state index contributed by atoms with van der Waals surface area (Å²) in [5.74, 6) is -0.748. The van der Waals surface area contributed by atoms with E-state index >= 15 is 0 Å². The van der Waals surface area contributed by atoms with Crippen molar-refractivity contribution in [3.63, 3.8) is 0 Å². The lowest BCUT2D eigenvalue weighted by molar-refractivity contribution is -0.141. The van der Waals surface area contributed by atoms with Gasteiger partial charge in [0.15, 0.2) is 0 Å². The lowest BCUT2D eigenvalue weighted by Gasteiger charge is -2.12. The van der Waals surface area contributed by atoms with Crippen LogP contribution in [-0.2, 0) is 4.79 Å². The maximum atomic E-state index is 10.3. The number of nitrogens with zero attached hydrogens (tertiary/aromatic N) is 1. The molecule has 0 amide bonds. The van der Waals surface area contributed by atoms with Gasteiger partial charge in [-0.15, -0.1) is 0 Å². The highest BCUT2D eigenvalue weighted by Gasteiger charge is 2.26. The average molecular weight is 128 g/mol. The Labute approximate surface area is 54.3 Å². The van der Waals surface area contributed by atoms with E-state index < -0.39 is 5.97 Å². The van der Waals surface area contributed by atoms with Gasteiger partial charge < -0.3 is 5.11 Å². The molecule has 1 fully saturated rings. The van der Waals surface area contributed by atoms with Gasteiger partial charge in [-0.3, -0.25) is 9.69 Å². The van der Waals surface area contributed by atoms with Gasteiger partial charge in [0.25, 0.3) is 0 Å². The van der Waals surface area contributed by atoms with Crippen LogP contribution >= 0.6 is 0 Å². The van der Waals surface area contributed by atoms with Gasteiger partial charge in [0.05, 0.1) is 0 Å². The summed E-state index contributed by atoms with van der Waals surface area (Å²) in [6.45, 7) is 0.816. The summed E-state index contributed by atoms with van der Waals surface area (Å²) in [5.41, 5.74) is 0. The second kappa shape index (κ2) is 2.35.